The summed E-state index contributed by atoms with van der Waals surface area (Å²) in [5.74, 6) is 5.99. The first-order valence-corrected chi connectivity index (χ1v) is 10.6. The van der Waals surface area contributed by atoms with Crippen LogP contribution in [0.1, 0.15) is 47.6 Å². The van der Waals surface area contributed by atoms with E-state index in [9.17, 15) is 9.59 Å². The van der Waals surface area contributed by atoms with Gasteiger partial charge in [0.2, 0.25) is 0 Å². The number of aromatic nitrogens is 1. The molecule has 0 amide bonds. The van der Waals surface area contributed by atoms with E-state index in [2.05, 4.69) is 4.84 Å². The maximum absolute atomic E-state index is 12.6. The number of ether oxygens (including phenoxy) is 3. The number of methoxy groups -OCH3 is 2. The van der Waals surface area contributed by atoms with Crippen LogP contribution in [-0.2, 0) is 16.0 Å². The fourth-order valence-corrected chi connectivity index (χ4v) is 4.47. The molecule has 2 heterocycles. The van der Waals surface area contributed by atoms with E-state index < -0.39 is 11.4 Å². The monoisotopic (exact) mass is 428 g/mol. The summed E-state index contributed by atoms with van der Waals surface area (Å²) in [6.45, 7) is 1.15. The van der Waals surface area contributed by atoms with E-state index in [1.807, 2.05) is 16.7 Å². The minimum absolute atomic E-state index is 0.0518. The van der Waals surface area contributed by atoms with Gasteiger partial charge < -0.3 is 23.6 Å². The molecule has 4 rings (SSSR count). The van der Waals surface area contributed by atoms with Crippen LogP contribution in [0.25, 0.3) is 11.3 Å². The van der Waals surface area contributed by atoms with Crippen LogP contribution in [0.2, 0.25) is 0 Å². The zero-order valence-corrected chi connectivity index (χ0v) is 17.9. The van der Waals surface area contributed by atoms with Gasteiger partial charge in [0, 0.05) is 44.0 Å². The third-order valence-electron chi connectivity index (χ3n) is 6.30. The van der Waals surface area contributed by atoms with E-state index in [1.165, 1.54) is 12.5 Å². The molecule has 0 spiro atoms. The quantitative estimate of drug-likeness (QED) is 0.509. The Morgan fingerprint density at radius 2 is 1.97 bits per heavy atom. The molecular weight excluding hydrogens is 400 g/mol. The van der Waals surface area contributed by atoms with Crippen LogP contribution in [0.4, 0.5) is 0 Å². The highest BCUT2D eigenvalue weighted by atomic mass is 16.7. The van der Waals surface area contributed by atoms with Gasteiger partial charge in [-0.25, -0.2) is 4.79 Å². The summed E-state index contributed by atoms with van der Waals surface area (Å²) in [5, 5.41) is 0. The Morgan fingerprint density at radius 3 is 2.61 bits per heavy atom. The summed E-state index contributed by atoms with van der Waals surface area (Å²) in [4.78, 5) is 29.0. The van der Waals surface area contributed by atoms with Crippen LogP contribution in [0.5, 0.6) is 11.5 Å². The number of carbonyl (C=O) groups excluding carboxylic acids is 1. The van der Waals surface area contributed by atoms with Crippen molar-refractivity contribution in [1.29, 1.82) is 0 Å². The molecule has 0 radical (unpaired) electrons. The van der Waals surface area contributed by atoms with Crippen LogP contribution in [0, 0.1) is 5.92 Å². The van der Waals surface area contributed by atoms with Gasteiger partial charge in [0.1, 0.15) is 5.56 Å². The third kappa shape index (κ3) is 4.05. The maximum atomic E-state index is 12.6. The first kappa shape index (κ1) is 21.4. The predicted molar refractivity (Wildman–Crippen MR) is 114 cm³/mol. The summed E-state index contributed by atoms with van der Waals surface area (Å²) >= 11 is 0. The Hall–Kier alpha value is -2.84. The van der Waals surface area contributed by atoms with E-state index in [1.54, 1.807) is 20.4 Å². The Balaban J connectivity index is 1.78. The van der Waals surface area contributed by atoms with Crippen molar-refractivity contribution in [2.45, 2.75) is 38.1 Å². The second kappa shape index (κ2) is 9.11. The smallest absolute Gasteiger partial charge is 0.362 e. The lowest BCUT2D eigenvalue weighted by atomic mass is 9.75. The van der Waals surface area contributed by atoms with Gasteiger partial charge >= 0.3 is 5.97 Å². The molecule has 1 unspecified atom stereocenters. The SMILES string of the molecule is COCCCOc1cc2c(cc1OC)-c1cc(=O)c(C(=O)ON)cn1C(C1CCC1)C2. The molecule has 1 aromatic carbocycles. The van der Waals surface area contributed by atoms with Crippen molar-refractivity contribution < 1.29 is 23.8 Å². The Kier molecular flexibility index (Phi) is 6.29. The highest BCUT2D eigenvalue weighted by Gasteiger charge is 2.35. The molecule has 1 saturated carbocycles. The molecule has 1 fully saturated rings. The fourth-order valence-electron chi connectivity index (χ4n) is 4.47. The maximum Gasteiger partial charge on any atom is 0.362 e. The average Bonchev–Trinajstić information content (AvgIpc) is 2.74. The lowest BCUT2D eigenvalue weighted by Crippen LogP contribution is -2.33. The van der Waals surface area contributed by atoms with Gasteiger partial charge in [0.15, 0.2) is 16.9 Å². The van der Waals surface area contributed by atoms with Gasteiger partial charge in [-0.2, -0.15) is 5.90 Å². The number of pyridine rings is 1. The molecule has 166 valence electrons. The second-order valence-corrected chi connectivity index (χ2v) is 8.07. The molecular formula is C23H28N2O6. The van der Waals surface area contributed by atoms with Crippen LogP contribution >= 0.6 is 0 Å². The minimum atomic E-state index is -0.823. The van der Waals surface area contributed by atoms with Crippen LogP contribution in [0.3, 0.4) is 0 Å². The van der Waals surface area contributed by atoms with Crippen molar-refractivity contribution in [3.8, 4) is 22.8 Å². The Morgan fingerprint density at radius 1 is 1.16 bits per heavy atom. The summed E-state index contributed by atoms with van der Waals surface area (Å²) < 4.78 is 18.7. The second-order valence-electron chi connectivity index (χ2n) is 8.07. The summed E-state index contributed by atoms with van der Waals surface area (Å²) in [6.07, 6.45) is 6.60. The Labute approximate surface area is 180 Å². The van der Waals surface area contributed by atoms with Crippen LogP contribution in [0.15, 0.2) is 29.2 Å². The van der Waals surface area contributed by atoms with Crippen molar-refractivity contribution in [3.05, 3.63) is 45.7 Å². The van der Waals surface area contributed by atoms with Gasteiger partial charge in [-0.05, 0) is 42.9 Å². The first-order valence-electron chi connectivity index (χ1n) is 10.6. The number of nitrogens with zero attached hydrogens (tertiary/aromatic N) is 1. The van der Waals surface area contributed by atoms with Gasteiger partial charge in [-0.3, -0.25) is 4.79 Å². The van der Waals surface area contributed by atoms with Crippen molar-refractivity contribution in [2.24, 2.45) is 11.8 Å². The summed E-state index contributed by atoms with van der Waals surface area (Å²) in [6, 6.07) is 5.57. The van der Waals surface area contributed by atoms with E-state index >= 15 is 0 Å². The van der Waals surface area contributed by atoms with E-state index in [0.29, 0.717) is 30.6 Å². The molecule has 2 aromatic rings. The molecule has 1 aromatic heterocycles. The molecule has 8 nitrogen and oxygen atoms in total. The van der Waals surface area contributed by atoms with Gasteiger partial charge in [-0.1, -0.05) is 6.42 Å². The van der Waals surface area contributed by atoms with Crippen molar-refractivity contribution >= 4 is 5.97 Å². The Bertz CT molecular complexity index is 1030. The summed E-state index contributed by atoms with van der Waals surface area (Å²) in [5.41, 5.74) is 2.31. The van der Waals surface area contributed by atoms with Crippen molar-refractivity contribution in [3.63, 3.8) is 0 Å². The van der Waals surface area contributed by atoms with E-state index in [4.69, 9.17) is 20.1 Å². The fraction of sp³-hybridized carbons (Fsp3) is 0.478. The predicted octanol–water partition coefficient (Wildman–Crippen LogP) is 2.87. The lowest BCUT2D eigenvalue weighted by Gasteiger charge is -2.40. The zero-order chi connectivity index (χ0) is 22.0. The highest BCUT2D eigenvalue weighted by molar-refractivity contribution is 5.89. The van der Waals surface area contributed by atoms with Gasteiger partial charge in [-0.15, -0.1) is 0 Å². The van der Waals surface area contributed by atoms with E-state index in [0.717, 1.165) is 42.5 Å². The number of nitrogens with two attached hydrogens (primary N) is 1. The highest BCUT2D eigenvalue weighted by Crippen LogP contribution is 2.46. The molecule has 1 atom stereocenters. The summed E-state index contributed by atoms with van der Waals surface area (Å²) in [7, 11) is 3.26. The largest absolute Gasteiger partial charge is 0.493 e. The molecule has 1 aliphatic heterocycles. The average molecular weight is 428 g/mol. The zero-order valence-electron chi connectivity index (χ0n) is 17.9. The number of benzene rings is 1. The third-order valence-corrected chi connectivity index (χ3v) is 6.30. The van der Waals surface area contributed by atoms with Gasteiger partial charge in [0.25, 0.3) is 0 Å². The molecule has 2 N–H and O–H groups in total. The standard InChI is InChI=1S/C23H28N2O6/c1-28-7-4-8-30-22-10-15-9-18(14-5-3-6-14)25-13-17(23(27)31-24)20(26)12-19(25)16(15)11-21(22)29-2/h10-14,18H,3-9,24H2,1-2H3. The minimum Gasteiger partial charge on any atom is -0.493 e. The van der Waals surface area contributed by atoms with Crippen LogP contribution in [-0.4, -0.2) is 38.0 Å². The molecule has 8 heteroatoms. The number of carbonyl (C=O) groups is 1. The first-order chi connectivity index (χ1) is 15.1. The normalized spacial score (nSPS) is 17.3. The number of fused-ring (bicyclic) bond motifs is 3. The topological polar surface area (TPSA) is 102 Å². The van der Waals surface area contributed by atoms with Crippen LogP contribution < -0.4 is 20.8 Å². The molecule has 1 aliphatic carbocycles. The number of hydrogen-bond donors (Lipinski definition) is 1. The number of hydrogen-bond acceptors (Lipinski definition) is 7. The van der Waals surface area contributed by atoms with E-state index in [-0.39, 0.29) is 11.6 Å². The van der Waals surface area contributed by atoms with Crippen molar-refractivity contribution in [2.75, 3.05) is 27.4 Å². The van der Waals surface area contributed by atoms with Gasteiger partial charge in [0.05, 0.1) is 19.4 Å². The molecule has 0 saturated heterocycles. The molecule has 0 bridgehead atoms. The van der Waals surface area contributed by atoms with Crippen molar-refractivity contribution in [1.82, 2.24) is 4.57 Å². The number of rotatable bonds is 8. The molecule has 31 heavy (non-hydrogen) atoms. The lowest BCUT2D eigenvalue weighted by molar-refractivity contribution is 0.0500. The molecule has 2 aliphatic rings.